The lowest BCUT2D eigenvalue weighted by Crippen LogP contribution is -2.15. The van der Waals surface area contributed by atoms with Gasteiger partial charge in [0.05, 0.1) is 3.94 Å². The summed E-state index contributed by atoms with van der Waals surface area (Å²) in [4.78, 5) is 0. The predicted octanol–water partition coefficient (Wildman–Crippen LogP) is 5.34. The van der Waals surface area contributed by atoms with Crippen molar-refractivity contribution >= 4 is 46.4 Å². The second kappa shape index (κ2) is 8.40. The van der Waals surface area contributed by atoms with Gasteiger partial charge in [-0.1, -0.05) is 103 Å². The SMILES string of the molecule is S=C(SCc1ccccc1)P(c1ccccc1)c1ccccc1. The fourth-order valence-electron chi connectivity index (χ4n) is 2.30. The third kappa shape index (κ3) is 4.51. The number of hydrogen-bond donors (Lipinski definition) is 0. The molecular formula is C20H17PS2. The molecule has 0 aromatic heterocycles. The molecule has 0 heterocycles. The maximum atomic E-state index is 5.83. The first-order valence-electron chi connectivity index (χ1n) is 7.45. The van der Waals surface area contributed by atoms with Gasteiger partial charge in [0.25, 0.3) is 0 Å². The van der Waals surface area contributed by atoms with E-state index in [1.54, 1.807) is 11.8 Å². The lowest BCUT2D eigenvalue weighted by atomic mass is 10.2. The highest BCUT2D eigenvalue weighted by Gasteiger charge is 2.19. The number of thioether (sulfide) groups is 1. The highest BCUT2D eigenvalue weighted by Crippen LogP contribution is 2.41. The summed E-state index contributed by atoms with van der Waals surface area (Å²) in [7, 11) is -0.614. The van der Waals surface area contributed by atoms with Crippen LogP contribution in [0.3, 0.4) is 0 Å². The topological polar surface area (TPSA) is 0 Å². The van der Waals surface area contributed by atoms with Crippen LogP contribution in [0.4, 0.5) is 0 Å². The Morgan fingerprint density at radius 2 is 1.13 bits per heavy atom. The van der Waals surface area contributed by atoms with Crippen molar-refractivity contribution in [1.29, 1.82) is 0 Å². The van der Waals surface area contributed by atoms with Gasteiger partial charge < -0.3 is 0 Å². The molecule has 0 bridgehead atoms. The van der Waals surface area contributed by atoms with Crippen LogP contribution in [0.1, 0.15) is 5.56 Å². The smallest absolute Gasteiger partial charge is 0.0801 e. The molecule has 0 unspecified atom stereocenters. The van der Waals surface area contributed by atoms with E-state index < -0.39 is 7.92 Å². The molecule has 3 aromatic rings. The Bertz CT molecular complexity index is 703. The Morgan fingerprint density at radius 3 is 1.61 bits per heavy atom. The predicted molar refractivity (Wildman–Crippen MR) is 109 cm³/mol. The van der Waals surface area contributed by atoms with Crippen LogP contribution in [0.15, 0.2) is 91.0 Å². The van der Waals surface area contributed by atoms with Gasteiger partial charge in [0.1, 0.15) is 0 Å². The highest BCUT2D eigenvalue weighted by atomic mass is 32.2. The zero-order valence-corrected chi connectivity index (χ0v) is 15.2. The van der Waals surface area contributed by atoms with Gasteiger partial charge in [0.2, 0.25) is 0 Å². The zero-order valence-electron chi connectivity index (χ0n) is 12.6. The maximum absolute atomic E-state index is 5.83. The van der Waals surface area contributed by atoms with Crippen molar-refractivity contribution in [3.05, 3.63) is 96.6 Å². The van der Waals surface area contributed by atoms with Crippen molar-refractivity contribution < 1.29 is 0 Å². The molecule has 23 heavy (non-hydrogen) atoms. The van der Waals surface area contributed by atoms with Crippen molar-refractivity contribution in [2.24, 2.45) is 0 Å². The van der Waals surface area contributed by atoms with E-state index >= 15 is 0 Å². The van der Waals surface area contributed by atoms with Gasteiger partial charge in [-0.25, -0.2) is 0 Å². The normalized spacial score (nSPS) is 10.7. The molecule has 0 spiro atoms. The fraction of sp³-hybridized carbons (Fsp3) is 0.0500. The second-order valence-corrected chi connectivity index (χ2v) is 9.45. The molecule has 0 amide bonds. The number of benzene rings is 3. The molecule has 0 atom stereocenters. The van der Waals surface area contributed by atoms with E-state index in [0.717, 1.165) is 9.69 Å². The maximum Gasteiger partial charge on any atom is 0.0801 e. The lowest BCUT2D eigenvalue weighted by molar-refractivity contribution is 1.43. The molecule has 3 aromatic carbocycles. The summed E-state index contributed by atoms with van der Waals surface area (Å²) in [5, 5.41) is 2.64. The second-order valence-electron chi connectivity index (χ2n) is 5.05. The van der Waals surface area contributed by atoms with Crippen LogP contribution in [0.5, 0.6) is 0 Å². The minimum atomic E-state index is -0.614. The standard InChI is InChI=1S/C20H17PS2/c22-20(23-16-17-10-4-1-5-11-17)21(18-12-6-2-7-13-18)19-14-8-3-9-15-19/h1-15H,16H2. The zero-order chi connectivity index (χ0) is 15.9. The summed E-state index contributed by atoms with van der Waals surface area (Å²) in [6.07, 6.45) is 0. The van der Waals surface area contributed by atoms with Gasteiger partial charge in [-0.05, 0) is 16.2 Å². The Hall–Kier alpha value is -1.47. The summed E-state index contributed by atoms with van der Waals surface area (Å²) >= 11 is 7.62. The largest absolute Gasteiger partial charge is 0.109 e. The molecule has 3 rings (SSSR count). The van der Waals surface area contributed by atoms with E-state index in [0.29, 0.717) is 0 Å². The van der Waals surface area contributed by atoms with Crippen LogP contribution in [0.25, 0.3) is 0 Å². The minimum Gasteiger partial charge on any atom is -0.109 e. The Balaban J connectivity index is 1.82. The molecule has 0 nitrogen and oxygen atoms in total. The number of rotatable bonds is 5. The summed E-state index contributed by atoms with van der Waals surface area (Å²) in [5.41, 5.74) is 1.32. The molecule has 0 radical (unpaired) electrons. The minimum absolute atomic E-state index is 0.614. The molecule has 0 fully saturated rings. The average Bonchev–Trinajstić information content (AvgIpc) is 2.63. The number of thiocarbonyl (C=S) groups is 1. The molecule has 0 aliphatic heterocycles. The van der Waals surface area contributed by atoms with Crippen LogP contribution >= 0.6 is 31.9 Å². The van der Waals surface area contributed by atoms with Gasteiger partial charge in [-0.3, -0.25) is 0 Å². The van der Waals surface area contributed by atoms with Crippen LogP contribution in [0, 0.1) is 0 Å². The summed E-state index contributed by atoms with van der Waals surface area (Å²) in [6, 6.07) is 31.8. The Kier molecular flexibility index (Phi) is 5.99. The Morgan fingerprint density at radius 1 is 0.696 bits per heavy atom. The van der Waals surface area contributed by atoms with Gasteiger partial charge >= 0.3 is 0 Å². The lowest BCUT2D eigenvalue weighted by Gasteiger charge is -2.19. The van der Waals surface area contributed by atoms with Crippen molar-refractivity contribution in [1.82, 2.24) is 0 Å². The van der Waals surface area contributed by atoms with Crippen molar-refractivity contribution in [2.75, 3.05) is 0 Å². The molecular weight excluding hydrogens is 335 g/mol. The average molecular weight is 352 g/mol. The van der Waals surface area contributed by atoms with Crippen molar-refractivity contribution in [3.8, 4) is 0 Å². The molecule has 0 aliphatic rings. The van der Waals surface area contributed by atoms with Crippen molar-refractivity contribution in [2.45, 2.75) is 5.75 Å². The van der Waals surface area contributed by atoms with Gasteiger partial charge in [0.15, 0.2) is 0 Å². The van der Waals surface area contributed by atoms with E-state index in [9.17, 15) is 0 Å². The third-order valence-corrected chi connectivity index (χ3v) is 7.97. The monoisotopic (exact) mass is 352 g/mol. The molecule has 114 valence electrons. The first kappa shape index (κ1) is 16.4. The van der Waals surface area contributed by atoms with Crippen LogP contribution in [-0.4, -0.2) is 3.94 Å². The molecule has 0 N–H and O–H groups in total. The first-order valence-corrected chi connectivity index (χ1v) is 10.2. The molecule has 0 saturated carbocycles. The fourth-order valence-corrected chi connectivity index (χ4v) is 6.59. The summed E-state index contributed by atoms with van der Waals surface area (Å²) < 4.78 is 1.08. The van der Waals surface area contributed by atoms with Gasteiger partial charge in [-0.15, -0.1) is 11.8 Å². The summed E-state index contributed by atoms with van der Waals surface area (Å²) in [5.74, 6) is 0.929. The van der Waals surface area contributed by atoms with E-state index in [4.69, 9.17) is 12.2 Å². The van der Waals surface area contributed by atoms with E-state index in [-0.39, 0.29) is 0 Å². The van der Waals surface area contributed by atoms with E-state index in [1.165, 1.54) is 16.2 Å². The molecule has 3 heteroatoms. The quantitative estimate of drug-likeness (QED) is 0.449. The van der Waals surface area contributed by atoms with E-state index in [1.807, 2.05) is 6.07 Å². The summed E-state index contributed by atoms with van der Waals surface area (Å²) in [6.45, 7) is 0. The first-order chi connectivity index (χ1) is 11.3. The van der Waals surface area contributed by atoms with Crippen LogP contribution in [0.2, 0.25) is 0 Å². The van der Waals surface area contributed by atoms with Crippen LogP contribution in [-0.2, 0) is 5.75 Å². The van der Waals surface area contributed by atoms with Gasteiger partial charge in [-0.2, -0.15) is 0 Å². The van der Waals surface area contributed by atoms with E-state index in [2.05, 4.69) is 84.9 Å². The Labute approximate surface area is 148 Å². The van der Waals surface area contributed by atoms with Crippen LogP contribution < -0.4 is 10.6 Å². The molecule has 0 saturated heterocycles. The molecule has 0 aliphatic carbocycles. The van der Waals surface area contributed by atoms with Crippen molar-refractivity contribution in [3.63, 3.8) is 0 Å². The number of hydrogen-bond acceptors (Lipinski definition) is 2. The van der Waals surface area contributed by atoms with Gasteiger partial charge in [0, 0.05) is 13.7 Å². The third-order valence-electron chi connectivity index (χ3n) is 3.42. The highest BCUT2D eigenvalue weighted by molar-refractivity contribution is 8.37.